The van der Waals surface area contributed by atoms with Crippen LogP contribution in [0.15, 0.2) is 41.1 Å². The van der Waals surface area contributed by atoms with Crippen molar-refractivity contribution in [1.29, 1.82) is 0 Å². The van der Waals surface area contributed by atoms with E-state index in [0.717, 1.165) is 80.4 Å². The van der Waals surface area contributed by atoms with Crippen molar-refractivity contribution in [2.24, 2.45) is 5.92 Å². The summed E-state index contributed by atoms with van der Waals surface area (Å²) in [5.41, 5.74) is 2.40. The quantitative estimate of drug-likeness (QED) is 0.537. The lowest BCUT2D eigenvalue weighted by molar-refractivity contribution is 0.0548. The summed E-state index contributed by atoms with van der Waals surface area (Å²) in [6, 6.07) is 8.16. The molecule has 0 unspecified atom stereocenters. The molecular weight excluding hydrogens is 414 g/mol. The van der Waals surface area contributed by atoms with Crippen LogP contribution in [0.25, 0.3) is 11.1 Å². The number of hydrogen-bond donors (Lipinski definition) is 0. The molecule has 3 heterocycles. The summed E-state index contributed by atoms with van der Waals surface area (Å²) in [4.78, 5) is 31.4. The van der Waals surface area contributed by atoms with Crippen molar-refractivity contribution in [3.05, 3.63) is 48.1 Å². The first kappa shape index (κ1) is 20.8. The van der Waals surface area contributed by atoms with Gasteiger partial charge in [0.15, 0.2) is 17.3 Å². The van der Waals surface area contributed by atoms with Crippen LogP contribution in [-0.2, 0) is 0 Å². The van der Waals surface area contributed by atoms with Crippen LogP contribution < -0.4 is 4.90 Å². The zero-order valence-electron chi connectivity index (χ0n) is 19.0. The molecule has 2 saturated carbocycles. The molecule has 0 N–H and O–H groups in total. The van der Waals surface area contributed by atoms with E-state index in [1.54, 1.807) is 12.4 Å². The second-order valence-electron chi connectivity index (χ2n) is 9.83. The number of fused-ring (bicyclic) bond motifs is 1. The summed E-state index contributed by atoms with van der Waals surface area (Å²) in [7, 11) is 0. The van der Waals surface area contributed by atoms with Crippen molar-refractivity contribution in [2.45, 2.75) is 56.9 Å². The van der Waals surface area contributed by atoms with Crippen LogP contribution in [-0.4, -0.2) is 57.9 Å². The number of Topliss-reactive ketones (excluding diaryl/α,β-unsaturated/α-hetero) is 1. The Kier molecular flexibility index (Phi) is 5.58. The number of benzene rings is 1. The molecule has 33 heavy (non-hydrogen) atoms. The number of hydrogen-bond acceptors (Lipinski definition) is 7. The highest BCUT2D eigenvalue weighted by molar-refractivity contribution is 6.00. The largest absolute Gasteiger partial charge is 0.440 e. The minimum absolute atomic E-state index is 0.115. The number of carbonyl (C=O) groups excluding carboxylic acids is 1. The Morgan fingerprint density at radius 2 is 1.73 bits per heavy atom. The SMILES string of the molecule is O=C(c1ccc2nc(C3CCCCC3)oc2c1)C1CC(N2CCN(c3ncccn3)CC2)C1. The van der Waals surface area contributed by atoms with Crippen LogP contribution >= 0.6 is 0 Å². The smallest absolute Gasteiger partial charge is 0.225 e. The number of anilines is 1. The number of rotatable bonds is 5. The minimum Gasteiger partial charge on any atom is -0.440 e. The van der Waals surface area contributed by atoms with Gasteiger partial charge in [-0.15, -0.1) is 0 Å². The lowest BCUT2D eigenvalue weighted by Gasteiger charge is -2.46. The average Bonchev–Trinajstić information content (AvgIpc) is 3.28. The molecule has 3 fully saturated rings. The molecule has 0 spiro atoms. The highest BCUT2D eigenvalue weighted by Gasteiger charge is 2.39. The van der Waals surface area contributed by atoms with Crippen LogP contribution in [0, 0.1) is 5.92 Å². The molecule has 1 saturated heterocycles. The standard InChI is InChI=1S/C26H31N5O2/c32-24(19-7-8-22-23(17-19)33-25(29-22)18-5-2-1-3-6-18)20-15-21(16-20)30-11-13-31(14-12-30)26-27-9-4-10-28-26/h4,7-10,17-18,20-21H,1-3,5-6,11-16H2. The van der Waals surface area contributed by atoms with Gasteiger partial charge in [0.1, 0.15) is 5.52 Å². The van der Waals surface area contributed by atoms with Crippen LogP contribution in [0.3, 0.4) is 0 Å². The first-order valence-corrected chi connectivity index (χ1v) is 12.5. The molecule has 0 bridgehead atoms. The Hall–Kier alpha value is -2.80. The third kappa shape index (κ3) is 4.14. The molecule has 172 valence electrons. The molecule has 7 nitrogen and oxygen atoms in total. The summed E-state index contributed by atoms with van der Waals surface area (Å²) < 4.78 is 6.11. The van der Waals surface area contributed by atoms with E-state index >= 15 is 0 Å². The van der Waals surface area contributed by atoms with Gasteiger partial charge in [0.2, 0.25) is 5.95 Å². The molecule has 2 aliphatic carbocycles. The topological polar surface area (TPSA) is 75.4 Å². The molecule has 6 rings (SSSR count). The number of carbonyl (C=O) groups is 1. The summed E-state index contributed by atoms with van der Waals surface area (Å²) in [6.07, 6.45) is 11.6. The molecule has 7 heteroatoms. The van der Waals surface area contributed by atoms with Crippen molar-refractivity contribution >= 4 is 22.8 Å². The first-order chi connectivity index (χ1) is 16.2. The highest BCUT2D eigenvalue weighted by atomic mass is 16.3. The molecule has 1 aliphatic heterocycles. The van der Waals surface area contributed by atoms with Gasteiger partial charge in [-0.2, -0.15) is 0 Å². The third-order valence-electron chi connectivity index (χ3n) is 7.79. The van der Waals surface area contributed by atoms with Crippen LogP contribution in [0.2, 0.25) is 0 Å². The predicted octanol–water partition coefficient (Wildman–Crippen LogP) is 4.45. The summed E-state index contributed by atoms with van der Waals surface area (Å²) in [6.45, 7) is 3.87. The van der Waals surface area contributed by atoms with Gasteiger partial charge in [-0.3, -0.25) is 9.69 Å². The van der Waals surface area contributed by atoms with E-state index in [4.69, 9.17) is 9.40 Å². The Balaban J connectivity index is 1.05. The maximum Gasteiger partial charge on any atom is 0.225 e. The maximum atomic E-state index is 13.1. The van der Waals surface area contributed by atoms with E-state index in [1.807, 2.05) is 24.3 Å². The number of piperazine rings is 1. The van der Waals surface area contributed by atoms with Crippen molar-refractivity contribution < 1.29 is 9.21 Å². The molecule has 3 aliphatic rings. The Bertz CT molecular complexity index is 1110. The lowest BCUT2D eigenvalue weighted by Crippen LogP contribution is -2.55. The van der Waals surface area contributed by atoms with Crippen LogP contribution in [0.1, 0.15) is 67.1 Å². The second kappa shape index (κ2) is 8.86. The van der Waals surface area contributed by atoms with Gasteiger partial charge in [0.25, 0.3) is 0 Å². The zero-order valence-corrected chi connectivity index (χ0v) is 19.0. The highest BCUT2D eigenvalue weighted by Crippen LogP contribution is 2.37. The van der Waals surface area contributed by atoms with Crippen molar-refractivity contribution in [3.63, 3.8) is 0 Å². The summed E-state index contributed by atoms with van der Waals surface area (Å²) in [5.74, 6) is 2.47. The first-order valence-electron chi connectivity index (χ1n) is 12.5. The molecular formula is C26H31N5O2. The fourth-order valence-corrected chi connectivity index (χ4v) is 5.70. The van der Waals surface area contributed by atoms with Crippen LogP contribution in [0.5, 0.6) is 0 Å². The van der Waals surface area contributed by atoms with Crippen molar-refractivity contribution in [3.8, 4) is 0 Å². The number of ketones is 1. The lowest BCUT2D eigenvalue weighted by atomic mass is 9.75. The molecule has 2 aromatic heterocycles. The van der Waals surface area contributed by atoms with E-state index in [-0.39, 0.29) is 11.7 Å². The van der Waals surface area contributed by atoms with E-state index in [9.17, 15) is 4.79 Å². The molecule has 3 aromatic rings. The van der Waals surface area contributed by atoms with Gasteiger partial charge >= 0.3 is 0 Å². The average molecular weight is 446 g/mol. The fraction of sp³-hybridized carbons (Fsp3) is 0.538. The van der Waals surface area contributed by atoms with E-state index in [0.29, 0.717) is 12.0 Å². The van der Waals surface area contributed by atoms with Gasteiger partial charge in [0.05, 0.1) is 0 Å². The maximum absolute atomic E-state index is 13.1. The Morgan fingerprint density at radius 3 is 2.48 bits per heavy atom. The number of aromatic nitrogens is 3. The monoisotopic (exact) mass is 445 g/mol. The van der Waals surface area contributed by atoms with Crippen LogP contribution in [0.4, 0.5) is 5.95 Å². The molecule has 0 radical (unpaired) electrons. The van der Waals surface area contributed by atoms with Gasteiger partial charge in [-0.05, 0) is 49.9 Å². The number of nitrogens with zero attached hydrogens (tertiary/aromatic N) is 5. The van der Waals surface area contributed by atoms with E-state index in [1.165, 1.54) is 19.3 Å². The van der Waals surface area contributed by atoms with Crippen molar-refractivity contribution in [1.82, 2.24) is 19.9 Å². The summed E-state index contributed by atoms with van der Waals surface area (Å²) >= 11 is 0. The minimum atomic E-state index is 0.115. The number of oxazole rings is 1. The Morgan fingerprint density at radius 1 is 0.970 bits per heavy atom. The molecule has 1 aromatic carbocycles. The zero-order chi connectivity index (χ0) is 22.2. The second-order valence-corrected chi connectivity index (χ2v) is 9.83. The van der Waals surface area contributed by atoms with Gasteiger partial charge in [-0.25, -0.2) is 15.0 Å². The normalized spacial score (nSPS) is 24.7. The van der Waals surface area contributed by atoms with E-state index in [2.05, 4.69) is 19.8 Å². The molecule has 0 atom stereocenters. The fourth-order valence-electron chi connectivity index (χ4n) is 5.70. The van der Waals surface area contributed by atoms with E-state index < -0.39 is 0 Å². The van der Waals surface area contributed by atoms with Crippen molar-refractivity contribution in [2.75, 3.05) is 31.1 Å². The summed E-state index contributed by atoms with van der Waals surface area (Å²) in [5, 5.41) is 0. The Labute approximate surface area is 194 Å². The van der Waals surface area contributed by atoms with Gasteiger partial charge in [-0.1, -0.05) is 19.3 Å². The molecule has 0 amide bonds. The third-order valence-corrected chi connectivity index (χ3v) is 7.79. The van der Waals surface area contributed by atoms with Gasteiger partial charge < -0.3 is 9.32 Å². The predicted molar refractivity (Wildman–Crippen MR) is 126 cm³/mol. The van der Waals surface area contributed by atoms with Gasteiger partial charge in [0, 0.05) is 62.0 Å².